The predicted molar refractivity (Wildman–Crippen MR) is 161 cm³/mol. The van der Waals surface area contributed by atoms with Gasteiger partial charge in [0.15, 0.2) is 5.82 Å². The van der Waals surface area contributed by atoms with Crippen LogP contribution in [0.4, 0.5) is 27.7 Å². The molecule has 0 aliphatic carbocycles. The highest BCUT2D eigenvalue weighted by atomic mass is 16.5. The molecule has 4 heterocycles. The molecule has 2 N–H and O–H groups in total. The van der Waals surface area contributed by atoms with Crippen molar-refractivity contribution < 1.29 is 19.1 Å². The molecule has 11 nitrogen and oxygen atoms in total. The lowest BCUT2D eigenvalue weighted by Crippen LogP contribution is -2.41. The van der Waals surface area contributed by atoms with E-state index in [4.69, 9.17) is 19.4 Å². The molecule has 2 fully saturated rings. The zero-order valence-corrected chi connectivity index (χ0v) is 23.2. The van der Waals surface area contributed by atoms with Crippen LogP contribution in [0.1, 0.15) is 5.56 Å². The molecule has 214 valence electrons. The van der Waals surface area contributed by atoms with Gasteiger partial charge < -0.3 is 29.9 Å². The lowest BCUT2D eigenvalue weighted by atomic mass is 10.1. The number of nitrogens with one attached hydrogen (secondary N) is 2. The number of urea groups is 1. The Labute approximate surface area is 243 Å². The summed E-state index contributed by atoms with van der Waals surface area (Å²) in [6.45, 7) is 5.96. The average Bonchev–Trinajstić information content (AvgIpc) is 3.03. The van der Waals surface area contributed by atoms with Gasteiger partial charge in [0.25, 0.3) is 5.91 Å². The van der Waals surface area contributed by atoms with Crippen molar-refractivity contribution in [1.29, 1.82) is 0 Å². The van der Waals surface area contributed by atoms with E-state index in [0.717, 1.165) is 47.0 Å². The second-order valence-corrected chi connectivity index (χ2v) is 9.99. The van der Waals surface area contributed by atoms with Crippen molar-refractivity contribution in [2.24, 2.45) is 0 Å². The Bertz CT molecular complexity index is 1560. The molecule has 0 atom stereocenters. The zero-order valence-electron chi connectivity index (χ0n) is 23.2. The van der Waals surface area contributed by atoms with Crippen LogP contribution >= 0.6 is 0 Å². The van der Waals surface area contributed by atoms with Crippen molar-refractivity contribution in [2.75, 3.05) is 66.5 Å². The van der Waals surface area contributed by atoms with E-state index < -0.39 is 0 Å². The molecule has 0 spiro atoms. The van der Waals surface area contributed by atoms with Crippen molar-refractivity contribution in [1.82, 2.24) is 15.0 Å². The van der Waals surface area contributed by atoms with E-state index in [-0.39, 0.29) is 18.5 Å². The van der Waals surface area contributed by atoms with Gasteiger partial charge in [-0.1, -0.05) is 0 Å². The number of hydrogen-bond donors (Lipinski definition) is 2. The maximum atomic E-state index is 12.7. The highest BCUT2D eigenvalue weighted by Gasteiger charge is 2.21. The van der Waals surface area contributed by atoms with Crippen LogP contribution in [0.15, 0.2) is 73.1 Å². The van der Waals surface area contributed by atoms with E-state index in [1.54, 1.807) is 35.4 Å². The summed E-state index contributed by atoms with van der Waals surface area (Å²) in [5.41, 5.74) is 5.58. The van der Waals surface area contributed by atoms with Gasteiger partial charge in [-0.2, -0.15) is 0 Å². The summed E-state index contributed by atoms with van der Waals surface area (Å²) >= 11 is 0. The van der Waals surface area contributed by atoms with Gasteiger partial charge in [0.1, 0.15) is 12.4 Å². The molecule has 4 aromatic rings. The number of rotatable bonds is 6. The summed E-state index contributed by atoms with van der Waals surface area (Å²) in [6.07, 6.45) is 3.55. The number of carbonyl (C=O) groups is 2. The maximum Gasteiger partial charge on any atom is 0.323 e. The Balaban J connectivity index is 1.17. The van der Waals surface area contributed by atoms with Gasteiger partial charge in [-0.3, -0.25) is 9.78 Å². The first kappa shape index (κ1) is 27.3. The Hall–Kier alpha value is -4.87. The lowest BCUT2D eigenvalue weighted by Gasteiger charge is -2.30. The van der Waals surface area contributed by atoms with Crippen molar-refractivity contribution in [3.05, 3.63) is 78.6 Å². The third kappa shape index (κ3) is 6.07. The predicted octanol–water partition coefficient (Wildman–Crippen LogP) is 4.36. The Morgan fingerprint density at radius 2 is 1.52 bits per heavy atom. The molecular formula is C31H31N7O4. The second-order valence-electron chi connectivity index (χ2n) is 9.99. The summed E-state index contributed by atoms with van der Waals surface area (Å²) in [4.78, 5) is 42.8. The topological polar surface area (TPSA) is 122 Å². The van der Waals surface area contributed by atoms with Crippen LogP contribution in [0.25, 0.3) is 22.6 Å². The maximum absolute atomic E-state index is 12.7. The normalized spacial score (nSPS) is 15.4. The van der Waals surface area contributed by atoms with E-state index in [1.807, 2.05) is 49.5 Å². The molecule has 0 bridgehead atoms. The molecule has 2 aromatic carbocycles. The molecule has 2 aliphatic heterocycles. The fourth-order valence-corrected chi connectivity index (χ4v) is 5.01. The highest BCUT2D eigenvalue weighted by molar-refractivity contribution is 6.00. The van der Waals surface area contributed by atoms with Crippen LogP contribution in [0.5, 0.6) is 0 Å². The third-order valence-electron chi connectivity index (χ3n) is 7.19. The minimum atomic E-state index is -0.377. The quantitative estimate of drug-likeness (QED) is 0.354. The molecule has 2 aromatic heterocycles. The summed E-state index contributed by atoms with van der Waals surface area (Å²) in [5, 5.41) is 5.69. The van der Waals surface area contributed by atoms with E-state index >= 15 is 0 Å². The fraction of sp³-hybridized carbons (Fsp3) is 0.258. The first-order chi connectivity index (χ1) is 20.5. The van der Waals surface area contributed by atoms with Crippen molar-refractivity contribution in [3.8, 4) is 22.6 Å². The largest absolute Gasteiger partial charge is 0.378 e. The molecule has 3 amide bonds. The Morgan fingerprint density at radius 3 is 2.19 bits per heavy atom. The van der Waals surface area contributed by atoms with E-state index in [1.165, 1.54) is 0 Å². The number of nitrogens with zero attached hydrogens (tertiary/aromatic N) is 5. The average molecular weight is 566 g/mol. The van der Waals surface area contributed by atoms with Gasteiger partial charge >= 0.3 is 6.03 Å². The van der Waals surface area contributed by atoms with Gasteiger partial charge in [-0.25, -0.2) is 14.8 Å². The number of anilines is 4. The molecule has 42 heavy (non-hydrogen) atoms. The van der Waals surface area contributed by atoms with Crippen LogP contribution < -0.4 is 20.4 Å². The smallest absolute Gasteiger partial charge is 0.323 e. The Kier molecular flexibility index (Phi) is 8.02. The second kappa shape index (κ2) is 12.3. The van der Waals surface area contributed by atoms with Crippen LogP contribution in [0, 0.1) is 6.92 Å². The number of aromatic nitrogens is 3. The van der Waals surface area contributed by atoms with Crippen LogP contribution in [-0.2, 0) is 14.3 Å². The molecule has 6 rings (SSSR count). The molecule has 0 saturated carbocycles. The van der Waals surface area contributed by atoms with Crippen molar-refractivity contribution in [2.45, 2.75) is 6.92 Å². The summed E-state index contributed by atoms with van der Waals surface area (Å²) in [6, 6.07) is 18.1. The summed E-state index contributed by atoms with van der Waals surface area (Å²) in [5.74, 6) is 1.40. The SMILES string of the molecule is Cc1c(-c2cccnc2)nc(-c2ccc(NC(=O)Nc3ccc(N4CCOCC4=O)cc3)cc2)nc1N1CCOCC1. The molecule has 0 unspecified atom stereocenters. The fourth-order valence-electron chi connectivity index (χ4n) is 5.01. The first-order valence-corrected chi connectivity index (χ1v) is 13.8. The molecule has 2 aliphatic rings. The monoisotopic (exact) mass is 565 g/mol. The van der Waals surface area contributed by atoms with Gasteiger partial charge in [0, 0.05) is 65.8 Å². The number of amides is 3. The lowest BCUT2D eigenvalue weighted by molar-refractivity contribution is -0.125. The van der Waals surface area contributed by atoms with Crippen LogP contribution in [0.3, 0.4) is 0 Å². The minimum absolute atomic E-state index is 0.0789. The minimum Gasteiger partial charge on any atom is -0.378 e. The van der Waals surface area contributed by atoms with E-state index in [9.17, 15) is 9.59 Å². The number of ether oxygens (including phenoxy) is 2. The standard InChI is InChI=1S/C31H31N7O4/c1-21-28(23-3-2-12-32-19-23)35-29(36-30(21)37-13-16-41-17-14-37)22-4-6-24(7-5-22)33-31(40)34-25-8-10-26(11-9-25)38-15-18-42-20-27(38)39/h2-12,19H,13-18,20H2,1H3,(H2,33,34,40). The highest BCUT2D eigenvalue weighted by Crippen LogP contribution is 2.31. The van der Waals surface area contributed by atoms with Crippen LogP contribution in [-0.4, -0.2) is 73.0 Å². The van der Waals surface area contributed by atoms with Gasteiger partial charge in [0.05, 0.1) is 25.5 Å². The number of morpholine rings is 2. The summed E-state index contributed by atoms with van der Waals surface area (Å²) in [7, 11) is 0. The summed E-state index contributed by atoms with van der Waals surface area (Å²) < 4.78 is 10.7. The zero-order chi connectivity index (χ0) is 28.9. The molecule has 11 heteroatoms. The molecule has 2 saturated heterocycles. The van der Waals surface area contributed by atoms with Crippen LogP contribution in [0.2, 0.25) is 0 Å². The molecular weight excluding hydrogens is 534 g/mol. The first-order valence-electron chi connectivity index (χ1n) is 13.8. The Morgan fingerprint density at radius 1 is 0.833 bits per heavy atom. The van der Waals surface area contributed by atoms with E-state index in [0.29, 0.717) is 43.6 Å². The van der Waals surface area contributed by atoms with Crippen molar-refractivity contribution >= 4 is 34.8 Å². The van der Waals surface area contributed by atoms with Gasteiger partial charge in [-0.15, -0.1) is 0 Å². The molecule has 0 radical (unpaired) electrons. The number of hydrogen-bond acceptors (Lipinski definition) is 8. The van der Waals surface area contributed by atoms with Crippen molar-refractivity contribution in [3.63, 3.8) is 0 Å². The van der Waals surface area contributed by atoms with E-state index in [2.05, 4.69) is 20.5 Å². The third-order valence-corrected chi connectivity index (χ3v) is 7.19. The number of carbonyl (C=O) groups excluding carboxylic acids is 2. The van der Waals surface area contributed by atoms with Gasteiger partial charge in [0.2, 0.25) is 0 Å². The number of benzene rings is 2. The van der Waals surface area contributed by atoms with Gasteiger partial charge in [-0.05, 0) is 67.6 Å². The number of pyridine rings is 1.